The van der Waals surface area contributed by atoms with Crippen LogP contribution >= 0.6 is 15.9 Å². The van der Waals surface area contributed by atoms with Crippen LogP contribution in [0.2, 0.25) is 0 Å². The van der Waals surface area contributed by atoms with E-state index in [0.717, 1.165) is 10.0 Å². The normalized spacial score (nSPS) is 12.2. The van der Waals surface area contributed by atoms with E-state index in [2.05, 4.69) is 15.9 Å². The molecule has 0 amide bonds. The molecule has 4 heteroatoms. The van der Waals surface area contributed by atoms with E-state index < -0.39 is 6.10 Å². The third-order valence-corrected chi connectivity index (χ3v) is 3.14. The summed E-state index contributed by atoms with van der Waals surface area (Å²) in [6, 6.07) is 11.2. The van der Waals surface area contributed by atoms with E-state index in [1.807, 2.05) is 0 Å². The Bertz CT molecular complexity index is 555. The molecule has 18 heavy (non-hydrogen) atoms. The average molecular weight is 311 g/mol. The van der Waals surface area contributed by atoms with Crippen LogP contribution in [0.1, 0.15) is 18.6 Å². The van der Waals surface area contributed by atoms with Crippen molar-refractivity contribution in [1.29, 1.82) is 0 Å². The van der Waals surface area contributed by atoms with E-state index in [1.165, 1.54) is 12.1 Å². The zero-order valence-corrected chi connectivity index (χ0v) is 11.3. The maximum Gasteiger partial charge on any atom is 0.130 e. The molecule has 94 valence electrons. The molecule has 0 aromatic heterocycles. The summed E-state index contributed by atoms with van der Waals surface area (Å²) in [5.74, 6) is 0.677. The van der Waals surface area contributed by atoms with Crippen molar-refractivity contribution in [2.75, 3.05) is 0 Å². The van der Waals surface area contributed by atoms with Gasteiger partial charge in [0.05, 0.1) is 6.10 Å². The molecule has 0 heterocycles. The Morgan fingerprint density at radius 2 is 1.89 bits per heavy atom. The number of halogens is 2. The van der Waals surface area contributed by atoms with Crippen LogP contribution in [0.15, 0.2) is 46.9 Å². The van der Waals surface area contributed by atoms with Gasteiger partial charge in [0.25, 0.3) is 0 Å². The zero-order valence-electron chi connectivity index (χ0n) is 9.73. The standard InChI is InChI=1S/C14H12BrFO2/c1-9(17)13-6-5-12(8-14(13)15)18-11-4-2-3-10(16)7-11/h2-9,17H,1H3/t9-/m1/s1. The van der Waals surface area contributed by atoms with Crippen LogP contribution in [0.4, 0.5) is 4.39 Å². The molecule has 0 aliphatic carbocycles. The molecule has 0 unspecified atom stereocenters. The molecule has 2 aromatic rings. The average Bonchev–Trinajstić information content (AvgIpc) is 2.28. The lowest BCUT2D eigenvalue weighted by molar-refractivity contribution is 0.198. The summed E-state index contributed by atoms with van der Waals surface area (Å²) in [7, 11) is 0. The van der Waals surface area contributed by atoms with Crippen molar-refractivity contribution in [3.05, 3.63) is 58.3 Å². The highest BCUT2D eigenvalue weighted by molar-refractivity contribution is 9.10. The SMILES string of the molecule is C[C@@H](O)c1ccc(Oc2cccc(F)c2)cc1Br. The highest BCUT2D eigenvalue weighted by Crippen LogP contribution is 2.30. The maximum absolute atomic E-state index is 13.0. The third kappa shape index (κ3) is 3.09. The number of benzene rings is 2. The molecule has 0 bridgehead atoms. The Morgan fingerprint density at radius 1 is 1.17 bits per heavy atom. The van der Waals surface area contributed by atoms with Gasteiger partial charge >= 0.3 is 0 Å². The fourth-order valence-corrected chi connectivity index (χ4v) is 2.27. The molecule has 0 spiro atoms. The topological polar surface area (TPSA) is 29.5 Å². The molecule has 0 aliphatic rings. The number of hydrogen-bond donors (Lipinski definition) is 1. The zero-order chi connectivity index (χ0) is 13.1. The van der Waals surface area contributed by atoms with Crippen molar-refractivity contribution in [3.8, 4) is 11.5 Å². The van der Waals surface area contributed by atoms with E-state index in [0.29, 0.717) is 11.5 Å². The second-order valence-corrected chi connectivity index (χ2v) is 4.77. The lowest BCUT2D eigenvalue weighted by atomic mass is 10.1. The summed E-state index contributed by atoms with van der Waals surface area (Å²) < 4.78 is 19.3. The molecule has 1 N–H and O–H groups in total. The van der Waals surface area contributed by atoms with E-state index in [-0.39, 0.29) is 5.82 Å². The van der Waals surface area contributed by atoms with Crippen molar-refractivity contribution in [2.24, 2.45) is 0 Å². The Hall–Kier alpha value is -1.39. The van der Waals surface area contributed by atoms with E-state index in [9.17, 15) is 9.50 Å². The quantitative estimate of drug-likeness (QED) is 0.908. The molecular formula is C14H12BrFO2. The van der Waals surface area contributed by atoms with Gasteiger partial charge in [0.2, 0.25) is 0 Å². The van der Waals surface area contributed by atoms with E-state index >= 15 is 0 Å². The van der Waals surface area contributed by atoms with Crippen LogP contribution in [0, 0.1) is 5.82 Å². The second kappa shape index (κ2) is 5.50. The van der Waals surface area contributed by atoms with Crippen molar-refractivity contribution in [1.82, 2.24) is 0 Å². The first-order valence-electron chi connectivity index (χ1n) is 5.47. The van der Waals surface area contributed by atoms with Crippen LogP contribution in [0.3, 0.4) is 0 Å². The number of ether oxygens (including phenoxy) is 1. The number of aliphatic hydroxyl groups is 1. The molecule has 2 nitrogen and oxygen atoms in total. The highest BCUT2D eigenvalue weighted by atomic mass is 79.9. The Labute approximate surface area is 113 Å². The predicted octanol–water partition coefficient (Wildman–Crippen LogP) is 4.43. The number of rotatable bonds is 3. The van der Waals surface area contributed by atoms with Gasteiger partial charge in [-0.1, -0.05) is 28.1 Å². The van der Waals surface area contributed by atoms with Crippen LogP contribution in [0.25, 0.3) is 0 Å². The smallest absolute Gasteiger partial charge is 0.130 e. The second-order valence-electron chi connectivity index (χ2n) is 3.92. The first-order valence-corrected chi connectivity index (χ1v) is 6.26. The summed E-state index contributed by atoms with van der Waals surface area (Å²) in [6.45, 7) is 1.69. The first-order chi connectivity index (χ1) is 8.56. The predicted molar refractivity (Wildman–Crippen MR) is 71.2 cm³/mol. The molecular weight excluding hydrogens is 299 g/mol. The Balaban J connectivity index is 2.23. The van der Waals surface area contributed by atoms with Gasteiger partial charge < -0.3 is 9.84 Å². The van der Waals surface area contributed by atoms with Crippen LogP contribution in [-0.2, 0) is 0 Å². The fraction of sp³-hybridized carbons (Fsp3) is 0.143. The lowest BCUT2D eigenvalue weighted by Crippen LogP contribution is -1.93. The van der Waals surface area contributed by atoms with Crippen LogP contribution < -0.4 is 4.74 Å². The summed E-state index contributed by atoms with van der Waals surface area (Å²) in [6.07, 6.45) is -0.553. The summed E-state index contributed by atoms with van der Waals surface area (Å²) in [4.78, 5) is 0. The highest BCUT2D eigenvalue weighted by Gasteiger charge is 2.07. The Kier molecular flexibility index (Phi) is 3.99. The minimum absolute atomic E-state index is 0.341. The molecule has 2 aromatic carbocycles. The van der Waals surface area contributed by atoms with Crippen LogP contribution in [-0.4, -0.2) is 5.11 Å². The van der Waals surface area contributed by atoms with Crippen molar-refractivity contribution < 1.29 is 14.2 Å². The number of hydrogen-bond acceptors (Lipinski definition) is 2. The number of aliphatic hydroxyl groups excluding tert-OH is 1. The van der Waals surface area contributed by atoms with Gasteiger partial charge in [-0.05, 0) is 36.8 Å². The van der Waals surface area contributed by atoms with Crippen molar-refractivity contribution >= 4 is 15.9 Å². The monoisotopic (exact) mass is 310 g/mol. The van der Waals surface area contributed by atoms with Gasteiger partial charge in [-0.3, -0.25) is 0 Å². The van der Waals surface area contributed by atoms with Crippen LogP contribution in [0.5, 0.6) is 11.5 Å². The molecule has 0 saturated carbocycles. The van der Waals surface area contributed by atoms with Crippen molar-refractivity contribution in [2.45, 2.75) is 13.0 Å². The summed E-state index contributed by atoms with van der Waals surface area (Å²) in [5, 5.41) is 9.50. The van der Waals surface area contributed by atoms with Gasteiger partial charge in [-0.2, -0.15) is 0 Å². The van der Waals surface area contributed by atoms with E-state index in [1.54, 1.807) is 37.3 Å². The summed E-state index contributed by atoms with van der Waals surface area (Å²) in [5.41, 5.74) is 0.779. The minimum atomic E-state index is -0.553. The molecule has 0 fully saturated rings. The molecule has 0 radical (unpaired) electrons. The third-order valence-electron chi connectivity index (χ3n) is 2.45. The molecule has 2 rings (SSSR count). The van der Waals surface area contributed by atoms with Gasteiger partial charge in [0, 0.05) is 10.5 Å². The van der Waals surface area contributed by atoms with Crippen molar-refractivity contribution in [3.63, 3.8) is 0 Å². The van der Waals surface area contributed by atoms with Gasteiger partial charge in [-0.15, -0.1) is 0 Å². The molecule has 1 atom stereocenters. The fourth-order valence-electron chi connectivity index (χ4n) is 1.58. The minimum Gasteiger partial charge on any atom is -0.457 e. The maximum atomic E-state index is 13.0. The van der Waals surface area contributed by atoms with Gasteiger partial charge in [0.15, 0.2) is 0 Å². The molecule has 0 saturated heterocycles. The molecule has 0 aliphatic heterocycles. The Morgan fingerprint density at radius 3 is 2.50 bits per heavy atom. The van der Waals surface area contributed by atoms with Gasteiger partial charge in [-0.25, -0.2) is 4.39 Å². The lowest BCUT2D eigenvalue weighted by Gasteiger charge is -2.10. The summed E-state index contributed by atoms with van der Waals surface area (Å²) >= 11 is 3.36. The largest absolute Gasteiger partial charge is 0.457 e. The van der Waals surface area contributed by atoms with Gasteiger partial charge in [0.1, 0.15) is 17.3 Å². The van der Waals surface area contributed by atoms with E-state index in [4.69, 9.17) is 4.74 Å². The first kappa shape index (κ1) is 13.1.